The quantitative estimate of drug-likeness (QED) is 0.800. The highest BCUT2D eigenvalue weighted by molar-refractivity contribution is 7.16. The lowest BCUT2D eigenvalue weighted by atomic mass is 10.2. The Morgan fingerprint density at radius 3 is 2.77 bits per heavy atom. The maximum atomic E-state index is 12.4. The van der Waals surface area contributed by atoms with Gasteiger partial charge in [-0.1, -0.05) is 0 Å². The number of amides is 1. The summed E-state index contributed by atoms with van der Waals surface area (Å²) in [6.07, 6.45) is 0. The van der Waals surface area contributed by atoms with Gasteiger partial charge in [-0.2, -0.15) is 0 Å². The molecule has 5 nitrogen and oxygen atoms in total. The van der Waals surface area contributed by atoms with E-state index in [1.165, 1.54) is 11.3 Å². The number of hydrogen-bond acceptors (Lipinski definition) is 5. The molecule has 3 rings (SSSR count). The van der Waals surface area contributed by atoms with Crippen LogP contribution in [-0.4, -0.2) is 25.1 Å². The Bertz CT molecular complexity index is 829. The van der Waals surface area contributed by atoms with Crippen molar-refractivity contribution in [3.63, 3.8) is 0 Å². The molecule has 0 bridgehead atoms. The zero-order valence-corrected chi connectivity index (χ0v) is 12.9. The lowest BCUT2D eigenvalue weighted by Crippen LogP contribution is -2.12. The average Bonchev–Trinajstić information content (AvgIpc) is 3.02. The molecular formula is C16H14N2O3S. The van der Waals surface area contributed by atoms with E-state index in [0.29, 0.717) is 22.7 Å². The summed E-state index contributed by atoms with van der Waals surface area (Å²) >= 11 is 1.51. The third kappa shape index (κ3) is 2.73. The van der Waals surface area contributed by atoms with Crippen LogP contribution in [0.3, 0.4) is 0 Å². The van der Waals surface area contributed by atoms with E-state index in [2.05, 4.69) is 10.3 Å². The van der Waals surface area contributed by atoms with Gasteiger partial charge in [0.15, 0.2) is 0 Å². The highest BCUT2D eigenvalue weighted by atomic mass is 32.1. The topological polar surface area (TPSA) is 60.5 Å². The number of aromatic nitrogens is 1. The van der Waals surface area contributed by atoms with Gasteiger partial charge in [0, 0.05) is 11.6 Å². The maximum absolute atomic E-state index is 12.4. The van der Waals surface area contributed by atoms with E-state index in [9.17, 15) is 4.79 Å². The molecule has 1 aromatic heterocycles. The van der Waals surface area contributed by atoms with Crippen LogP contribution in [0.25, 0.3) is 10.2 Å². The van der Waals surface area contributed by atoms with Gasteiger partial charge in [-0.15, -0.1) is 11.3 Å². The zero-order chi connectivity index (χ0) is 15.5. The summed E-state index contributed by atoms with van der Waals surface area (Å²) in [5, 5.41) is 2.85. The molecule has 1 amide bonds. The second-order valence-corrected chi connectivity index (χ2v) is 5.44. The number of methoxy groups -OCH3 is 2. The second-order valence-electron chi connectivity index (χ2n) is 4.56. The van der Waals surface area contributed by atoms with Crippen molar-refractivity contribution in [3.05, 3.63) is 47.5 Å². The number of carbonyl (C=O) groups is 1. The Morgan fingerprint density at radius 2 is 2.00 bits per heavy atom. The number of hydrogen-bond donors (Lipinski definition) is 1. The van der Waals surface area contributed by atoms with Crippen molar-refractivity contribution in [1.82, 2.24) is 4.98 Å². The van der Waals surface area contributed by atoms with E-state index < -0.39 is 0 Å². The van der Waals surface area contributed by atoms with Crippen molar-refractivity contribution < 1.29 is 14.3 Å². The van der Waals surface area contributed by atoms with Crippen LogP contribution < -0.4 is 14.8 Å². The van der Waals surface area contributed by atoms with Gasteiger partial charge in [0.1, 0.15) is 11.5 Å². The maximum Gasteiger partial charge on any atom is 0.255 e. The summed E-state index contributed by atoms with van der Waals surface area (Å²) in [7, 11) is 3.13. The number of rotatable bonds is 4. The predicted molar refractivity (Wildman–Crippen MR) is 87.1 cm³/mol. The van der Waals surface area contributed by atoms with Gasteiger partial charge in [0.2, 0.25) is 0 Å². The van der Waals surface area contributed by atoms with Crippen LogP contribution in [0, 0.1) is 0 Å². The fourth-order valence-electron chi connectivity index (χ4n) is 2.09. The molecule has 0 unspecified atom stereocenters. The van der Waals surface area contributed by atoms with Crippen molar-refractivity contribution in [2.45, 2.75) is 0 Å². The first-order valence-electron chi connectivity index (χ1n) is 6.58. The molecule has 0 radical (unpaired) electrons. The van der Waals surface area contributed by atoms with Crippen molar-refractivity contribution >= 4 is 33.1 Å². The minimum Gasteiger partial charge on any atom is -0.497 e. The first kappa shape index (κ1) is 14.3. The molecule has 3 aromatic rings. The van der Waals surface area contributed by atoms with Crippen LogP contribution in [-0.2, 0) is 0 Å². The Labute approximate surface area is 131 Å². The Hall–Kier alpha value is -2.60. The van der Waals surface area contributed by atoms with Gasteiger partial charge in [0.05, 0.1) is 35.6 Å². The fraction of sp³-hybridized carbons (Fsp3) is 0.125. The van der Waals surface area contributed by atoms with Crippen LogP contribution in [0.1, 0.15) is 10.4 Å². The number of carbonyl (C=O) groups excluding carboxylic acids is 1. The molecule has 1 heterocycles. The molecule has 0 aliphatic carbocycles. The number of thiazole rings is 1. The summed E-state index contributed by atoms with van der Waals surface area (Å²) in [4.78, 5) is 16.6. The van der Waals surface area contributed by atoms with Gasteiger partial charge < -0.3 is 14.8 Å². The normalized spacial score (nSPS) is 10.5. The minimum atomic E-state index is -0.196. The third-order valence-corrected chi connectivity index (χ3v) is 4.04. The van der Waals surface area contributed by atoms with E-state index in [1.807, 2.05) is 12.1 Å². The summed E-state index contributed by atoms with van der Waals surface area (Å²) in [6, 6.07) is 10.7. The smallest absolute Gasteiger partial charge is 0.255 e. The average molecular weight is 314 g/mol. The number of nitrogens with one attached hydrogen (secondary N) is 1. The standard InChI is InChI=1S/C16H14N2O3S/c1-20-11-4-6-12(14(8-11)21-2)18-16(19)10-3-5-13-15(7-10)22-9-17-13/h3-9H,1-2H3,(H,18,19). The molecule has 1 N–H and O–H groups in total. The summed E-state index contributed by atoms with van der Waals surface area (Å²) in [6.45, 7) is 0. The van der Waals surface area contributed by atoms with Gasteiger partial charge in [-0.05, 0) is 30.3 Å². The Kier molecular flexibility index (Phi) is 3.93. The van der Waals surface area contributed by atoms with E-state index in [0.717, 1.165) is 10.2 Å². The number of anilines is 1. The van der Waals surface area contributed by atoms with E-state index in [4.69, 9.17) is 9.47 Å². The lowest BCUT2D eigenvalue weighted by molar-refractivity contribution is 0.102. The molecule has 0 saturated carbocycles. The number of nitrogens with zero attached hydrogens (tertiary/aromatic N) is 1. The molecule has 0 spiro atoms. The highest BCUT2D eigenvalue weighted by Crippen LogP contribution is 2.29. The lowest BCUT2D eigenvalue weighted by Gasteiger charge is -2.11. The molecule has 0 aliphatic rings. The monoisotopic (exact) mass is 314 g/mol. The Balaban J connectivity index is 1.87. The van der Waals surface area contributed by atoms with E-state index in [-0.39, 0.29) is 5.91 Å². The molecule has 0 aliphatic heterocycles. The van der Waals surface area contributed by atoms with Crippen LogP contribution in [0.5, 0.6) is 11.5 Å². The molecule has 2 aromatic carbocycles. The first-order valence-corrected chi connectivity index (χ1v) is 7.46. The third-order valence-electron chi connectivity index (χ3n) is 3.25. The van der Waals surface area contributed by atoms with Crippen molar-refractivity contribution in [2.24, 2.45) is 0 Å². The first-order chi connectivity index (χ1) is 10.7. The number of benzene rings is 2. The van der Waals surface area contributed by atoms with E-state index >= 15 is 0 Å². The molecule has 0 atom stereocenters. The minimum absolute atomic E-state index is 0.196. The molecule has 112 valence electrons. The zero-order valence-electron chi connectivity index (χ0n) is 12.1. The van der Waals surface area contributed by atoms with Crippen molar-refractivity contribution in [2.75, 3.05) is 19.5 Å². The van der Waals surface area contributed by atoms with Crippen LogP contribution in [0.2, 0.25) is 0 Å². The van der Waals surface area contributed by atoms with Gasteiger partial charge >= 0.3 is 0 Å². The van der Waals surface area contributed by atoms with E-state index in [1.54, 1.807) is 44.0 Å². The van der Waals surface area contributed by atoms with Gasteiger partial charge in [-0.25, -0.2) is 4.98 Å². The molecule has 0 fully saturated rings. The molecular weight excluding hydrogens is 300 g/mol. The van der Waals surface area contributed by atoms with Crippen LogP contribution >= 0.6 is 11.3 Å². The summed E-state index contributed by atoms with van der Waals surface area (Å²) < 4.78 is 11.4. The van der Waals surface area contributed by atoms with Crippen LogP contribution in [0.4, 0.5) is 5.69 Å². The van der Waals surface area contributed by atoms with Gasteiger partial charge in [0.25, 0.3) is 5.91 Å². The van der Waals surface area contributed by atoms with Gasteiger partial charge in [-0.3, -0.25) is 4.79 Å². The van der Waals surface area contributed by atoms with Crippen LogP contribution in [0.15, 0.2) is 41.9 Å². The van der Waals surface area contributed by atoms with Crippen molar-refractivity contribution in [1.29, 1.82) is 0 Å². The fourth-order valence-corrected chi connectivity index (χ4v) is 2.81. The highest BCUT2D eigenvalue weighted by Gasteiger charge is 2.11. The second kappa shape index (κ2) is 6.03. The summed E-state index contributed by atoms with van der Waals surface area (Å²) in [5.41, 5.74) is 3.83. The molecule has 22 heavy (non-hydrogen) atoms. The van der Waals surface area contributed by atoms with Crippen molar-refractivity contribution in [3.8, 4) is 11.5 Å². The Morgan fingerprint density at radius 1 is 1.14 bits per heavy atom. The predicted octanol–water partition coefficient (Wildman–Crippen LogP) is 3.57. The molecule has 6 heteroatoms. The molecule has 0 saturated heterocycles. The number of ether oxygens (including phenoxy) is 2. The SMILES string of the molecule is COc1ccc(NC(=O)c2ccc3ncsc3c2)c(OC)c1. The largest absolute Gasteiger partial charge is 0.497 e. The summed E-state index contributed by atoms with van der Waals surface area (Å²) in [5.74, 6) is 1.02. The number of fused-ring (bicyclic) bond motifs is 1.